The van der Waals surface area contributed by atoms with E-state index in [4.69, 9.17) is 5.11 Å². The molecule has 1 heterocycles. The summed E-state index contributed by atoms with van der Waals surface area (Å²) in [6.45, 7) is 7.07. The predicted molar refractivity (Wildman–Crippen MR) is 117 cm³/mol. The van der Waals surface area contributed by atoms with Crippen molar-refractivity contribution in [1.29, 1.82) is 0 Å². The number of fused-ring (bicyclic) bond motifs is 2. The van der Waals surface area contributed by atoms with Crippen LogP contribution in [0.5, 0.6) is 0 Å². The minimum Gasteiger partial charge on any atom is -0.512 e. The number of rotatable bonds is 2. The van der Waals surface area contributed by atoms with E-state index in [1.165, 1.54) is 35.4 Å². The number of para-hydroxylation sites is 1. The summed E-state index contributed by atoms with van der Waals surface area (Å²) in [5, 5.41) is 12.0. The molecule has 5 heteroatoms. The van der Waals surface area contributed by atoms with Crippen LogP contribution in [0.25, 0.3) is 31.6 Å². The molecule has 0 atom stereocenters. The summed E-state index contributed by atoms with van der Waals surface area (Å²) in [5.74, 6) is -0.0625. The fraction of sp³-hybridized carbons (Fsp3) is 0.0833. The zero-order chi connectivity index (χ0) is 20.3. The third-order valence-corrected chi connectivity index (χ3v) is 5.42. The summed E-state index contributed by atoms with van der Waals surface area (Å²) < 4.78 is 3.26. The number of allylic oxidation sites excluding steroid dienone is 2. The fourth-order valence-electron chi connectivity index (χ4n) is 3.02. The molecule has 0 aliphatic carbocycles. The van der Waals surface area contributed by atoms with Gasteiger partial charge in [0.15, 0.2) is 5.78 Å². The second-order valence-electron chi connectivity index (χ2n) is 6.56. The molecule has 4 rings (SSSR count). The van der Waals surface area contributed by atoms with Gasteiger partial charge in [-0.15, -0.1) is 11.6 Å². The van der Waals surface area contributed by atoms with Gasteiger partial charge in [-0.2, -0.15) is 29.9 Å². The largest absolute Gasteiger partial charge is 0.512 e. The monoisotopic (exact) mass is 581 g/mol. The van der Waals surface area contributed by atoms with Gasteiger partial charge in [0.2, 0.25) is 0 Å². The molecule has 4 aromatic rings. The Balaban J connectivity index is 0.000000327. The van der Waals surface area contributed by atoms with Gasteiger partial charge in [0.1, 0.15) is 10.5 Å². The molecule has 1 N–H and O–H groups in total. The summed E-state index contributed by atoms with van der Waals surface area (Å²) in [7, 11) is 4.21. The summed E-state index contributed by atoms with van der Waals surface area (Å²) in [6.07, 6.45) is 1.17. The van der Waals surface area contributed by atoms with Gasteiger partial charge in [-0.3, -0.25) is 4.79 Å². The average molecular weight is 581 g/mol. The minimum absolute atomic E-state index is 0. The Kier molecular flexibility index (Phi) is 7.63. The van der Waals surface area contributed by atoms with Crippen LogP contribution >= 0.6 is 11.3 Å². The van der Waals surface area contributed by atoms with Crippen molar-refractivity contribution in [2.45, 2.75) is 13.8 Å². The van der Waals surface area contributed by atoms with Crippen LogP contribution in [0.15, 0.2) is 72.5 Å². The van der Waals surface area contributed by atoms with E-state index in [0.29, 0.717) is 0 Å². The Bertz CT molecular complexity index is 1190. The van der Waals surface area contributed by atoms with E-state index < -0.39 is 0 Å². The summed E-state index contributed by atoms with van der Waals surface area (Å²) in [4.78, 5) is 10.0. The molecule has 1 aromatic heterocycles. The molecule has 3 aromatic carbocycles. The zero-order valence-electron chi connectivity index (χ0n) is 16.3. The standard InChI is InChI=1S/C19H14NS.C5H8O2.Ir/c1-13-11-14-7-3-4-8-15(14)12-16(13)19-20(2)17-9-5-6-10-18(17)21-19;1-4(6)3-5(2)7;/h3-12H,1-2H2;3,6H,1-2H3;/q-1;;/b;4-3-;. The molecular formula is C24H22IrNO2S-. The molecule has 0 unspecified atom stereocenters. The number of aliphatic hydroxyl groups is 1. The van der Waals surface area contributed by atoms with Gasteiger partial charge < -0.3 is 9.67 Å². The number of aliphatic hydroxyl groups excluding tert-OH is 1. The molecule has 0 fully saturated rings. The SMILES string of the molecule is CC(=O)/C=C(/C)O.[CH2-]c1cc2ccccc2cc1-c1sc2ccccc2[n+]1[CH2-].[Ir]. The number of thiazole rings is 1. The maximum absolute atomic E-state index is 10.0. The maximum atomic E-state index is 10.0. The van der Waals surface area contributed by atoms with Crippen molar-refractivity contribution in [2.24, 2.45) is 0 Å². The molecule has 29 heavy (non-hydrogen) atoms. The summed E-state index contributed by atoms with van der Waals surface area (Å²) in [6, 6.07) is 21.1. The van der Waals surface area contributed by atoms with Gasteiger partial charge >= 0.3 is 0 Å². The Morgan fingerprint density at radius 2 is 1.62 bits per heavy atom. The van der Waals surface area contributed by atoms with E-state index in [1.54, 1.807) is 11.3 Å². The Labute approximate surface area is 188 Å². The Hall–Kier alpha value is -2.59. The zero-order valence-corrected chi connectivity index (χ0v) is 19.5. The molecule has 0 spiro atoms. The van der Waals surface area contributed by atoms with Crippen molar-refractivity contribution < 1.29 is 34.6 Å². The van der Waals surface area contributed by atoms with E-state index in [9.17, 15) is 4.79 Å². The number of aromatic nitrogens is 1. The average Bonchev–Trinajstić information content (AvgIpc) is 2.97. The van der Waals surface area contributed by atoms with Crippen molar-refractivity contribution in [3.63, 3.8) is 0 Å². The van der Waals surface area contributed by atoms with Crippen molar-refractivity contribution in [3.05, 3.63) is 92.0 Å². The number of carbonyl (C=O) groups excluding carboxylic acids is 1. The van der Waals surface area contributed by atoms with Crippen molar-refractivity contribution in [3.8, 4) is 10.6 Å². The smallest absolute Gasteiger partial charge is 0.155 e. The van der Waals surface area contributed by atoms with Gasteiger partial charge in [-0.1, -0.05) is 47.9 Å². The van der Waals surface area contributed by atoms with E-state index in [2.05, 4.69) is 68.6 Å². The Morgan fingerprint density at radius 3 is 2.17 bits per heavy atom. The van der Waals surface area contributed by atoms with Crippen LogP contribution in [-0.4, -0.2) is 10.9 Å². The second kappa shape index (κ2) is 9.75. The first-order valence-corrected chi connectivity index (χ1v) is 9.66. The summed E-state index contributed by atoms with van der Waals surface area (Å²) >= 11 is 1.76. The molecule has 0 saturated carbocycles. The van der Waals surface area contributed by atoms with Crippen LogP contribution in [0.1, 0.15) is 19.4 Å². The van der Waals surface area contributed by atoms with Crippen LogP contribution in [0.3, 0.4) is 0 Å². The number of ketones is 1. The summed E-state index contributed by atoms with van der Waals surface area (Å²) in [5.41, 5.74) is 3.35. The van der Waals surface area contributed by atoms with Crippen molar-refractivity contribution in [2.75, 3.05) is 0 Å². The quantitative estimate of drug-likeness (QED) is 0.140. The van der Waals surface area contributed by atoms with E-state index >= 15 is 0 Å². The Morgan fingerprint density at radius 1 is 1.03 bits per heavy atom. The van der Waals surface area contributed by atoms with Crippen LogP contribution in [0.2, 0.25) is 0 Å². The van der Waals surface area contributed by atoms with Crippen LogP contribution in [-0.2, 0) is 24.9 Å². The first kappa shape index (κ1) is 22.7. The molecule has 3 nitrogen and oxygen atoms in total. The van der Waals surface area contributed by atoms with E-state index in [-0.39, 0.29) is 31.6 Å². The van der Waals surface area contributed by atoms with E-state index in [0.717, 1.165) is 21.7 Å². The molecule has 0 saturated heterocycles. The fourth-order valence-corrected chi connectivity index (χ4v) is 4.16. The topological polar surface area (TPSA) is 41.2 Å². The van der Waals surface area contributed by atoms with Crippen LogP contribution in [0, 0.1) is 14.0 Å². The van der Waals surface area contributed by atoms with Gasteiger partial charge in [0.25, 0.3) is 0 Å². The number of carbonyl (C=O) groups is 1. The number of hydrogen-bond acceptors (Lipinski definition) is 3. The molecule has 151 valence electrons. The van der Waals surface area contributed by atoms with Crippen LogP contribution < -0.4 is 4.57 Å². The van der Waals surface area contributed by atoms with Gasteiger partial charge in [-0.25, -0.2) is 0 Å². The predicted octanol–water partition coefficient (Wildman–Crippen LogP) is 5.87. The van der Waals surface area contributed by atoms with Crippen LogP contribution in [0.4, 0.5) is 0 Å². The molecule has 0 bridgehead atoms. The minimum atomic E-state index is -0.125. The first-order chi connectivity index (χ1) is 13.4. The van der Waals surface area contributed by atoms with Crippen molar-refractivity contribution in [1.82, 2.24) is 0 Å². The second-order valence-corrected chi connectivity index (χ2v) is 7.59. The third kappa shape index (κ3) is 5.27. The molecule has 0 aliphatic rings. The number of hydrogen-bond donors (Lipinski definition) is 1. The number of nitrogens with zero attached hydrogens (tertiary/aromatic N) is 1. The third-order valence-electron chi connectivity index (χ3n) is 4.22. The number of benzene rings is 3. The van der Waals surface area contributed by atoms with Crippen molar-refractivity contribution >= 4 is 38.1 Å². The first-order valence-electron chi connectivity index (χ1n) is 8.84. The van der Waals surface area contributed by atoms with E-state index in [1.807, 2.05) is 10.6 Å². The molecule has 0 aliphatic heterocycles. The molecule has 0 amide bonds. The normalized spacial score (nSPS) is 10.9. The molecule has 1 radical (unpaired) electrons. The maximum Gasteiger partial charge on any atom is 0.155 e. The van der Waals surface area contributed by atoms with Gasteiger partial charge in [0, 0.05) is 37.9 Å². The van der Waals surface area contributed by atoms with Gasteiger partial charge in [0.05, 0.1) is 5.76 Å². The van der Waals surface area contributed by atoms with Gasteiger partial charge in [-0.05, 0) is 25.3 Å². The molecular weight excluding hydrogens is 559 g/mol.